The van der Waals surface area contributed by atoms with Crippen LogP contribution in [0.5, 0.6) is 0 Å². The van der Waals surface area contributed by atoms with Crippen molar-refractivity contribution in [3.05, 3.63) is 12.7 Å². The molecule has 2 saturated heterocycles. The fourth-order valence-electron chi connectivity index (χ4n) is 4.57. The fourth-order valence-corrected chi connectivity index (χ4v) is 9.46. The number of aromatic nitrogens is 4. The third-order valence-electron chi connectivity index (χ3n) is 6.61. The highest BCUT2D eigenvalue weighted by Gasteiger charge is 2.50. The van der Waals surface area contributed by atoms with Gasteiger partial charge in [-0.05, 0) is 25.9 Å². The van der Waals surface area contributed by atoms with Gasteiger partial charge in [-0.15, -0.1) is 11.8 Å². The predicted octanol–water partition coefficient (Wildman–Crippen LogP) is -3.16. The molecule has 2 aliphatic heterocycles. The molecule has 2 fully saturated rings. The Kier molecular flexibility index (Phi) is 10.7. The molecule has 0 spiro atoms. The van der Waals surface area contributed by atoms with Crippen LogP contribution in [0.2, 0.25) is 0 Å². The molecule has 7 unspecified atom stereocenters. The van der Waals surface area contributed by atoms with Crippen molar-refractivity contribution in [1.82, 2.24) is 24.4 Å². The highest BCUT2D eigenvalue weighted by atomic mass is 32.5. The average molecular weight is 679 g/mol. The number of phosphoric acid groups is 1. The summed E-state index contributed by atoms with van der Waals surface area (Å²) in [5, 5.41) is 58.9. The first-order valence-electron chi connectivity index (χ1n) is 12.2. The van der Waals surface area contributed by atoms with Gasteiger partial charge in [-0.3, -0.25) is 4.52 Å². The smallest absolute Gasteiger partial charge is 0.394 e. The lowest BCUT2D eigenvalue weighted by Crippen LogP contribution is -2.61. The molecular formula is C19H32N6O13P2S2. The number of ether oxygens (including phenoxy) is 1. The van der Waals surface area contributed by atoms with E-state index < -0.39 is 87.3 Å². The number of fused-ring (bicyclic) bond motifs is 1. The second-order valence-corrected chi connectivity index (χ2v) is 15.4. The molecule has 4 heterocycles. The zero-order valence-corrected chi connectivity index (χ0v) is 25.4. The van der Waals surface area contributed by atoms with E-state index in [4.69, 9.17) is 36.4 Å². The predicted molar refractivity (Wildman–Crippen MR) is 148 cm³/mol. The van der Waals surface area contributed by atoms with Gasteiger partial charge in [-0.2, -0.15) is 0 Å². The quantitative estimate of drug-likeness (QED) is 0.106. The van der Waals surface area contributed by atoms with Crippen LogP contribution in [-0.2, 0) is 34.5 Å². The maximum absolute atomic E-state index is 12.6. The van der Waals surface area contributed by atoms with Crippen LogP contribution in [0.15, 0.2) is 12.7 Å². The van der Waals surface area contributed by atoms with Crippen LogP contribution in [0, 0.1) is 0 Å². The van der Waals surface area contributed by atoms with Gasteiger partial charge in [0.2, 0.25) is 0 Å². The van der Waals surface area contributed by atoms with E-state index in [0.717, 1.165) is 0 Å². The van der Waals surface area contributed by atoms with Crippen molar-refractivity contribution in [3.8, 4) is 0 Å². The van der Waals surface area contributed by atoms with Crippen molar-refractivity contribution in [2.75, 3.05) is 33.0 Å². The zero-order valence-electron chi connectivity index (χ0n) is 22.0. The lowest BCUT2D eigenvalue weighted by Gasteiger charge is -2.41. The number of hydrogen-bond donors (Lipinski definition) is 9. The second kappa shape index (κ2) is 13.2. The molecule has 0 bridgehead atoms. The van der Waals surface area contributed by atoms with Crippen LogP contribution >= 0.6 is 26.3 Å². The Bertz CT molecular complexity index is 1340. The summed E-state index contributed by atoms with van der Waals surface area (Å²) in [4.78, 5) is 34.9. The largest absolute Gasteiger partial charge is 0.481 e. The Labute approximate surface area is 247 Å². The summed E-state index contributed by atoms with van der Waals surface area (Å²) < 4.78 is 34.0. The van der Waals surface area contributed by atoms with Gasteiger partial charge in [0.25, 0.3) is 0 Å². The van der Waals surface area contributed by atoms with Crippen molar-refractivity contribution in [2.24, 2.45) is 0 Å². The average Bonchev–Trinajstić information content (AvgIpc) is 3.48. The van der Waals surface area contributed by atoms with E-state index in [1.807, 2.05) is 0 Å². The SMILES string of the molecule is CN(C)[C@@H]1[C@H](O)[C@@H](COP(O)(=S)OP(=O)(O)OC2OC([C@@H](O)CO)C(O)C(O)C2O)S[C@H]1n1cnc2c(N)ncnc21. The summed E-state index contributed by atoms with van der Waals surface area (Å²) in [6.45, 7) is -5.92. The molecular weight excluding hydrogens is 646 g/mol. The van der Waals surface area contributed by atoms with Crippen molar-refractivity contribution in [3.63, 3.8) is 0 Å². The highest BCUT2D eigenvalue weighted by Crippen LogP contribution is 2.62. The minimum Gasteiger partial charge on any atom is -0.394 e. The van der Waals surface area contributed by atoms with Gasteiger partial charge in [-0.1, -0.05) is 0 Å². The number of phosphoric ester groups is 1. The number of thioether (sulfide) groups is 1. The Morgan fingerprint density at radius 2 is 1.86 bits per heavy atom. The summed E-state index contributed by atoms with van der Waals surface area (Å²) in [6, 6.07) is -0.518. The molecule has 4 rings (SSSR count). The van der Waals surface area contributed by atoms with Gasteiger partial charge < -0.3 is 64.9 Å². The molecule has 0 aromatic carbocycles. The molecule has 2 aromatic heterocycles. The first-order chi connectivity index (χ1) is 19.6. The van der Waals surface area contributed by atoms with E-state index in [-0.39, 0.29) is 5.82 Å². The number of anilines is 1. The van der Waals surface area contributed by atoms with Crippen LogP contribution in [0.3, 0.4) is 0 Å². The van der Waals surface area contributed by atoms with E-state index in [1.165, 1.54) is 24.4 Å². The Balaban J connectivity index is 1.42. The normalized spacial score (nSPS) is 35.7. The summed E-state index contributed by atoms with van der Waals surface area (Å²) >= 11 is 6.08. The van der Waals surface area contributed by atoms with Crippen LogP contribution in [0.25, 0.3) is 11.2 Å². The number of rotatable bonds is 11. The van der Waals surface area contributed by atoms with Crippen molar-refractivity contribution in [1.29, 1.82) is 0 Å². The summed E-state index contributed by atoms with van der Waals surface area (Å²) in [6.07, 6.45) is -9.92. The van der Waals surface area contributed by atoms with Gasteiger partial charge in [0.15, 0.2) is 17.8 Å². The van der Waals surface area contributed by atoms with Crippen molar-refractivity contribution < 1.29 is 63.1 Å². The lowest BCUT2D eigenvalue weighted by atomic mass is 9.96. The summed E-state index contributed by atoms with van der Waals surface area (Å²) in [5.74, 6) is 0.175. The van der Waals surface area contributed by atoms with Gasteiger partial charge in [0.05, 0.1) is 36.9 Å². The second-order valence-electron chi connectivity index (χ2n) is 9.70. The molecule has 2 aromatic rings. The van der Waals surface area contributed by atoms with Crippen LogP contribution < -0.4 is 5.73 Å². The van der Waals surface area contributed by atoms with Gasteiger partial charge in [0.1, 0.15) is 47.7 Å². The fraction of sp³-hybridized carbons (Fsp3) is 0.737. The first kappa shape index (κ1) is 33.9. The summed E-state index contributed by atoms with van der Waals surface area (Å²) in [7, 11) is -1.90. The maximum Gasteiger partial charge on any atom is 0.481 e. The topological polar surface area (TPSA) is 289 Å². The van der Waals surface area contributed by atoms with E-state index in [1.54, 1.807) is 23.6 Å². The maximum atomic E-state index is 12.6. The first-order valence-corrected chi connectivity index (χ1v) is 17.2. The monoisotopic (exact) mass is 678 g/mol. The van der Waals surface area contributed by atoms with Crippen LogP contribution in [0.1, 0.15) is 5.37 Å². The molecule has 2 aliphatic rings. The van der Waals surface area contributed by atoms with Crippen molar-refractivity contribution >= 4 is 55.1 Å². The van der Waals surface area contributed by atoms with Crippen LogP contribution in [0.4, 0.5) is 5.82 Å². The number of aliphatic hydroxyl groups excluding tert-OH is 6. The van der Waals surface area contributed by atoms with E-state index in [9.17, 15) is 39.9 Å². The minimum atomic E-state index is -5.39. The van der Waals surface area contributed by atoms with Crippen LogP contribution in [-0.4, -0.2) is 146 Å². The molecule has 10 N–H and O–H groups in total. The molecule has 0 amide bonds. The number of imidazole rings is 1. The zero-order chi connectivity index (χ0) is 31.1. The third kappa shape index (κ3) is 7.13. The van der Waals surface area contributed by atoms with Gasteiger partial charge in [0, 0.05) is 0 Å². The molecule has 238 valence electrons. The Morgan fingerprint density at radius 3 is 2.50 bits per heavy atom. The Morgan fingerprint density at radius 1 is 1.17 bits per heavy atom. The molecule has 12 atom stereocenters. The Hall–Kier alpha value is -0.940. The molecule has 42 heavy (non-hydrogen) atoms. The highest BCUT2D eigenvalue weighted by molar-refractivity contribution is 8.08. The van der Waals surface area contributed by atoms with E-state index >= 15 is 0 Å². The standard InChI is InChI=1S/C19H32N6O13P2S2/c1-24(2)10-11(28)8(42-18(10)25-6-23-9-16(20)21-5-22-17(9)25)4-35-40(34,41)38-39(32,33)37-19-14(31)12(29)13(30)15(36-19)7(27)3-26/h5-8,10-15,18-19,26-31H,3-4H2,1-2H3,(H,32,33)(H,34,41)(H2,20,21,22)/t7-,8+,10+,11+,12?,13?,14?,15?,18+,19?,40?/m0/s1. The number of nitrogen functional groups attached to an aromatic ring is 1. The number of aliphatic hydroxyl groups is 6. The summed E-state index contributed by atoms with van der Waals surface area (Å²) in [5.41, 5.74) is 6.68. The number of nitrogens with two attached hydrogens (primary N) is 1. The third-order valence-corrected chi connectivity index (χ3v) is 11.7. The van der Waals surface area contributed by atoms with E-state index in [2.05, 4.69) is 19.3 Å². The molecule has 0 radical (unpaired) electrons. The van der Waals surface area contributed by atoms with E-state index in [0.29, 0.717) is 11.2 Å². The number of hydrogen-bond acceptors (Lipinski definition) is 18. The molecule has 0 saturated carbocycles. The molecule has 23 heteroatoms. The minimum absolute atomic E-state index is 0.175. The molecule has 19 nitrogen and oxygen atoms in total. The van der Waals surface area contributed by atoms with Crippen molar-refractivity contribution in [2.45, 2.75) is 59.6 Å². The van der Waals surface area contributed by atoms with Gasteiger partial charge >= 0.3 is 14.5 Å². The molecule has 0 aliphatic carbocycles. The van der Waals surface area contributed by atoms with Gasteiger partial charge in [-0.25, -0.2) is 23.8 Å². The number of nitrogens with zero attached hydrogens (tertiary/aromatic N) is 5. The number of likely N-dealkylation sites (N-methyl/N-ethyl adjacent to an activating group) is 1. The lowest BCUT2D eigenvalue weighted by molar-refractivity contribution is -0.292.